The molecular formula is C10H11N3S. The zero-order chi connectivity index (χ0) is 9.60. The highest BCUT2D eigenvalue weighted by molar-refractivity contribution is 8.01. The molecule has 72 valence electrons. The normalized spacial score (nSPS) is 21.9. The summed E-state index contributed by atoms with van der Waals surface area (Å²) in [5.41, 5.74) is 7.96. The highest BCUT2D eigenvalue weighted by atomic mass is 32.2. The fraction of sp³-hybridized carbons (Fsp3) is 0.300. The van der Waals surface area contributed by atoms with Crippen LogP contribution in [-0.4, -0.2) is 22.9 Å². The third-order valence-electron chi connectivity index (χ3n) is 2.71. The number of nitrogens with zero attached hydrogens (tertiary/aromatic N) is 1. The van der Waals surface area contributed by atoms with Crippen LogP contribution in [-0.2, 0) is 0 Å². The number of anilines is 1. The molecule has 3 N–H and O–H groups in total. The molecule has 4 heteroatoms. The van der Waals surface area contributed by atoms with Crippen LogP contribution >= 0.6 is 11.8 Å². The van der Waals surface area contributed by atoms with Gasteiger partial charge in [-0.1, -0.05) is 12.1 Å². The fourth-order valence-electron chi connectivity index (χ4n) is 1.76. The molecule has 1 fully saturated rings. The molecule has 0 amide bonds. The van der Waals surface area contributed by atoms with E-state index in [9.17, 15) is 0 Å². The summed E-state index contributed by atoms with van der Waals surface area (Å²) < 4.78 is 0. The van der Waals surface area contributed by atoms with Gasteiger partial charge in [-0.2, -0.15) is 11.8 Å². The first-order valence-corrected chi connectivity index (χ1v) is 5.75. The Kier molecular flexibility index (Phi) is 1.56. The molecule has 0 unspecified atom stereocenters. The second kappa shape index (κ2) is 2.67. The van der Waals surface area contributed by atoms with Crippen molar-refractivity contribution >= 4 is 29.0 Å². The largest absolute Gasteiger partial charge is 0.385 e. The van der Waals surface area contributed by atoms with Crippen molar-refractivity contribution in [3.8, 4) is 0 Å². The smallest absolute Gasteiger partial charge is 0.127 e. The van der Waals surface area contributed by atoms with Crippen LogP contribution in [0.2, 0.25) is 0 Å². The van der Waals surface area contributed by atoms with Crippen LogP contribution < -0.4 is 11.1 Å². The van der Waals surface area contributed by atoms with E-state index in [2.05, 4.69) is 16.4 Å². The van der Waals surface area contributed by atoms with Crippen LogP contribution in [0.15, 0.2) is 29.3 Å². The maximum Gasteiger partial charge on any atom is 0.127 e. The second-order valence-electron chi connectivity index (χ2n) is 3.71. The molecule has 0 radical (unpaired) electrons. The van der Waals surface area contributed by atoms with Gasteiger partial charge in [0.25, 0.3) is 0 Å². The zero-order valence-electron chi connectivity index (χ0n) is 7.66. The standard InChI is InChI=1S/C10H11N3S/c11-9-10(5-14-6-10)13-8-4-2-1-3-7(8)12-9/h1-4,13H,5-6H2,(H2,11,12). The van der Waals surface area contributed by atoms with Crippen molar-refractivity contribution in [1.29, 1.82) is 0 Å². The first-order chi connectivity index (χ1) is 6.80. The lowest BCUT2D eigenvalue weighted by Gasteiger charge is -2.44. The van der Waals surface area contributed by atoms with Crippen LogP contribution in [0.3, 0.4) is 0 Å². The summed E-state index contributed by atoms with van der Waals surface area (Å²) in [6.07, 6.45) is 0. The Hall–Kier alpha value is -1.16. The number of hydrogen-bond acceptors (Lipinski definition) is 4. The van der Waals surface area contributed by atoms with Gasteiger partial charge < -0.3 is 11.1 Å². The minimum atomic E-state index is -0.0565. The van der Waals surface area contributed by atoms with Gasteiger partial charge in [-0.15, -0.1) is 0 Å². The Morgan fingerprint density at radius 1 is 1.36 bits per heavy atom. The molecule has 3 nitrogen and oxygen atoms in total. The Labute approximate surface area is 86.8 Å². The van der Waals surface area contributed by atoms with Crippen LogP contribution in [0.25, 0.3) is 0 Å². The molecule has 2 heterocycles. The van der Waals surface area contributed by atoms with Gasteiger partial charge >= 0.3 is 0 Å². The number of amidine groups is 1. The summed E-state index contributed by atoms with van der Waals surface area (Å²) in [6.45, 7) is 0. The van der Waals surface area contributed by atoms with Crippen molar-refractivity contribution in [2.45, 2.75) is 5.54 Å². The maximum atomic E-state index is 5.96. The molecule has 1 aromatic carbocycles. The summed E-state index contributed by atoms with van der Waals surface area (Å²) in [7, 11) is 0. The van der Waals surface area contributed by atoms with E-state index in [0.717, 1.165) is 28.7 Å². The van der Waals surface area contributed by atoms with E-state index in [4.69, 9.17) is 5.73 Å². The molecule has 0 saturated carbocycles. The van der Waals surface area contributed by atoms with Crippen molar-refractivity contribution in [3.63, 3.8) is 0 Å². The third-order valence-corrected chi connectivity index (χ3v) is 4.10. The van der Waals surface area contributed by atoms with E-state index < -0.39 is 0 Å². The van der Waals surface area contributed by atoms with Crippen molar-refractivity contribution in [2.75, 3.05) is 16.8 Å². The maximum absolute atomic E-state index is 5.96. The lowest BCUT2D eigenvalue weighted by molar-refractivity contribution is 0.730. The quantitative estimate of drug-likeness (QED) is 0.676. The molecule has 0 bridgehead atoms. The number of thioether (sulfide) groups is 1. The Morgan fingerprint density at radius 2 is 2.14 bits per heavy atom. The lowest BCUT2D eigenvalue weighted by Crippen LogP contribution is -2.61. The number of aliphatic imine (C=N–C) groups is 1. The first kappa shape index (κ1) is 8.17. The van der Waals surface area contributed by atoms with E-state index in [1.54, 1.807) is 0 Å². The first-order valence-electron chi connectivity index (χ1n) is 4.60. The minimum absolute atomic E-state index is 0.0565. The predicted octanol–water partition coefficient (Wildman–Crippen LogP) is 1.59. The average molecular weight is 205 g/mol. The van der Waals surface area contributed by atoms with Crippen LogP contribution in [0.5, 0.6) is 0 Å². The molecular weight excluding hydrogens is 194 g/mol. The monoisotopic (exact) mass is 205 g/mol. The highest BCUT2D eigenvalue weighted by Gasteiger charge is 2.43. The van der Waals surface area contributed by atoms with E-state index in [-0.39, 0.29) is 5.54 Å². The van der Waals surface area contributed by atoms with Crippen LogP contribution in [0.1, 0.15) is 0 Å². The topological polar surface area (TPSA) is 50.4 Å². The van der Waals surface area contributed by atoms with Gasteiger partial charge in [0, 0.05) is 11.5 Å². The van der Waals surface area contributed by atoms with E-state index >= 15 is 0 Å². The number of para-hydroxylation sites is 2. The van der Waals surface area contributed by atoms with Gasteiger partial charge in [-0.05, 0) is 12.1 Å². The van der Waals surface area contributed by atoms with Crippen LogP contribution in [0.4, 0.5) is 11.4 Å². The molecule has 0 atom stereocenters. The Bertz CT molecular complexity index is 410. The number of fused-ring (bicyclic) bond motifs is 1. The van der Waals surface area contributed by atoms with Gasteiger partial charge in [0.2, 0.25) is 0 Å². The average Bonchev–Trinajstić information content (AvgIpc) is 2.14. The molecule has 0 aromatic heterocycles. The van der Waals surface area contributed by atoms with E-state index in [1.165, 1.54) is 0 Å². The van der Waals surface area contributed by atoms with Crippen molar-refractivity contribution < 1.29 is 0 Å². The summed E-state index contributed by atoms with van der Waals surface area (Å²) in [6, 6.07) is 8.02. The second-order valence-corrected chi connectivity index (χ2v) is 4.70. The summed E-state index contributed by atoms with van der Waals surface area (Å²) >= 11 is 1.90. The van der Waals surface area contributed by atoms with Crippen molar-refractivity contribution in [3.05, 3.63) is 24.3 Å². The van der Waals surface area contributed by atoms with Gasteiger partial charge in [0.1, 0.15) is 11.4 Å². The fourth-order valence-corrected chi connectivity index (χ4v) is 2.81. The molecule has 2 aliphatic heterocycles. The predicted molar refractivity (Wildman–Crippen MR) is 61.4 cm³/mol. The molecule has 14 heavy (non-hydrogen) atoms. The number of rotatable bonds is 0. The molecule has 0 aliphatic carbocycles. The Morgan fingerprint density at radius 3 is 2.86 bits per heavy atom. The summed E-state index contributed by atoms with van der Waals surface area (Å²) in [4.78, 5) is 4.44. The van der Waals surface area contributed by atoms with Gasteiger partial charge in [-0.25, -0.2) is 4.99 Å². The van der Waals surface area contributed by atoms with Gasteiger partial charge in [-0.3, -0.25) is 0 Å². The summed E-state index contributed by atoms with van der Waals surface area (Å²) in [5.74, 6) is 2.78. The SMILES string of the molecule is NC1=Nc2ccccc2NC12CSC2. The van der Waals surface area contributed by atoms with E-state index in [1.807, 2.05) is 30.0 Å². The number of nitrogens with one attached hydrogen (secondary N) is 1. The third kappa shape index (κ3) is 0.973. The minimum Gasteiger partial charge on any atom is -0.385 e. The Balaban J connectivity index is 2.09. The van der Waals surface area contributed by atoms with Crippen LogP contribution in [0, 0.1) is 0 Å². The van der Waals surface area contributed by atoms with Gasteiger partial charge in [0.15, 0.2) is 0 Å². The molecule has 1 saturated heterocycles. The molecule has 1 aromatic rings. The summed E-state index contributed by atoms with van der Waals surface area (Å²) in [5, 5.41) is 3.48. The molecule has 2 aliphatic rings. The number of hydrogen-bond donors (Lipinski definition) is 2. The van der Waals surface area contributed by atoms with E-state index in [0.29, 0.717) is 0 Å². The van der Waals surface area contributed by atoms with Crippen molar-refractivity contribution in [1.82, 2.24) is 0 Å². The lowest BCUT2D eigenvalue weighted by atomic mass is 9.99. The molecule has 1 spiro atoms. The number of benzene rings is 1. The van der Waals surface area contributed by atoms with Crippen molar-refractivity contribution in [2.24, 2.45) is 10.7 Å². The highest BCUT2D eigenvalue weighted by Crippen LogP contribution is 2.40. The van der Waals surface area contributed by atoms with Gasteiger partial charge in [0.05, 0.1) is 11.4 Å². The molecule has 3 rings (SSSR count). The zero-order valence-corrected chi connectivity index (χ0v) is 8.47. The number of nitrogens with two attached hydrogens (primary N) is 1.